The molecule has 1 amide bonds. The van der Waals surface area contributed by atoms with Crippen molar-refractivity contribution >= 4 is 11.9 Å². The van der Waals surface area contributed by atoms with Crippen LogP contribution in [0.25, 0.3) is 0 Å². The lowest BCUT2D eigenvalue weighted by molar-refractivity contribution is -0.160. The lowest BCUT2D eigenvalue weighted by atomic mass is 10.0. The summed E-state index contributed by atoms with van der Waals surface area (Å²) < 4.78 is 10.3. The molecule has 1 heterocycles. The van der Waals surface area contributed by atoms with Gasteiger partial charge in [0.05, 0.1) is 13.7 Å². The Kier molecular flexibility index (Phi) is 4.18. The fourth-order valence-corrected chi connectivity index (χ4v) is 2.52. The Balaban J connectivity index is 2.20. The zero-order valence-electron chi connectivity index (χ0n) is 12.4. The molecule has 1 fully saturated rings. The first-order chi connectivity index (χ1) is 9.93. The fourth-order valence-electron chi connectivity index (χ4n) is 2.52. The molecule has 6 heteroatoms. The lowest BCUT2D eigenvalue weighted by Gasteiger charge is -2.23. The highest BCUT2D eigenvalue weighted by atomic mass is 16.5. The number of aliphatic carboxylic acids is 1. The highest BCUT2D eigenvalue weighted by molar-refractivity contribution is 5.95. The average molecular weight is 293 g/mol. The molecule has 0 saturated carbocycles. The lowest BCUT2D eigenvalue weighted by Crippen LogP contribution is -2.44. The summed E-state index contributed by atoms with van der Waals surface area (Å²) in [6, 6.07) is 5.20. The second-order valence-electron chi connectivity index (χ2n) is 5.16. The average Bonchev–Trinajstić information content (AvgIpc) is 2.93. The van der Waals surface area contributed by atoms with Gasteiger partial charge in [0.1, 0.15) is 5.75 Å². The first-order valence-electron chi connectivity index (χ1n) is 6.66. The number of hydrogen-bond acceptors (Lipinski definition) is 4. The van der Waals surface area contributed by atoms with Gasteiger partial charge in [-0.25, -0.2) is 4.79 Å². The Morgan fingerprint density at radius 3 is 2.57 bits per heavy atom. The fraction of sp³-hybridized carbons (Fsp3) is 0.467. The minimum absolute atomic E-state index is 0.0495. The summed E-state index contributed by atoms with van der Waals surface area (Å²) in [6.07, 6.45) is 0.285. The number of aryl methyl sites for hydroxylation is 1. The molecule has 1 unspecified atom stereocenters. The van der Waals surface area contributed by atoms with Crippen molar-refractivity contribution in [2.75, 3.05) is 27.3 Å². The Hall–Kier alpha value is -2.08. The van der Waals surface area contributed by atoms with Crippen LogP contribution in [0.15, 0.2) is 18.2 Å². The van der Waals surface area contributed by atoms with E-state index in [9.17, 15) is 14.7 Å². The smallest absolute Gasteiger partial charge is 0.337 e. The molecule has 114 valence electrons. The van der Waals surface area contributed by atoms with Crippen LogP contribution in [0, 0.1) is 6.92 Å². The Bertz CT molecular complexity index is 571. The van der Waals surface area contributed by atoms with Crippen molar-refractivity contribution in [1.82, 2.24) is 4.90 Å². The van der Waals surface area contributed by atoms with Gasteiger partial charge in [0.25, 0.3) is 5.91 Å². The molecular formula is C15H19NO5. The number of benzene rings is 1. The molecule has 1 aromatic carbocycles. The first kappa shape index (κ1) is 15.3. The van der Waals surface area contributed by atoms with E-state index in [1.54, 1.807) is 19.2 Å². The van der Waals surface area contributed by atoms with Gasteiger partial charge in [0.2, 0.25) is 0 Å². The molecule has 21 heavy (non-hydrogen) atoms. The van der Waals surface area contributed by atoms with Crippen molar-refractivity contribution in [3.05, 3.63) is 29.3 Å². The van der Waals surface area contributed by atoms with Crippen LogP contribution in [0.4, 0.5) is 0 Å². The van der Waals surface area contributed by atoms with Crippen LogP contribution in [0.2, 0.25) is 0 Å². The van der Waals surface area contributed by atoms with Gasteiger partial charge in [-0.3, -0.25) is 4.79 Å². The number of nitrogens with zero attached hydrogens (tertiary/aromatic N) is 1. The van der Waals surface area contributed by atoms with Gasteiger partial charge in [-0.2, -0.15) is 0 Å². The maximum Gasteiger partial charge on any atom is 0.337 e. The van der Waals surface area contributed by atoms with Crippen molar-refractivity contribution in [1.29, 1.82) is 0 Å². The second kappa shape index (κ2) is 5.73. The van der Waals surface area contributed by atoms with Gasteiger partial charge < -0.3 is 19.5 Å². The van der Waals surface area contributed by atoms with Crippen LogP contribution in [0.5, 0.6) is 5.75 Å². The second-order valence-corrected chi connectivity index (χ2v) is 5.16. The summed E-state index contributed by atoms with van der Waals surface area (Å²) in [5.74, 6) is -0.619. The van der Waals surface area contributed by atoms with Gasteiger partial charge in [-0.15, -0.1) is 0 Å². The molecule has 1 N–H and O–H groups in total. The molecule has 1 saturated heterocycles. The number of rotatable bonds is 4. The maximum atomic E-state index is 12.5. The molecule has 1 atom stereocenters. The SMILES string of the molecule is COc1cc(C(=O)N2CCC(OC)(C(=O)O)C2)ccc1C. The molecule has 0 radical (unpaired) electrons. The van der Waals surface area contributed by atoms with Gasteiger partial charge in [-0.05, 0) is 24.6 Å². The van der Waals surface area contributed by atoms with E-state index in [2.05, 4.69) is 0 Å². The summed E-state index contributed by atoms with van der Waals surface area (Å²) in [4.78, 5) is 25.3. The maximum absolute atomic E-state index is 12.5. The van der Waals surface area contributed by atoms with Crippen LogP contribution in [-0.2, 0) is 9.53 Å². The molecule has 2 rings (SSSR count). The van der Waals surface area contributed by atoms with E-state index in [-0.39, 0.29) is 18.9 Å². The largest absolute Gasteiger partial charge is 0.496 e. The highest BCUT2D eigenvalue weighted by Crippen LogP contribution is 2.27. The summed E-state index contributed by atoms with van der Waals surface area (Å²) in [7, 11) is 2.91. The molecule has 1 aromatic rings. The van der Waals surface area contributed by atoms with Gasteiger partial charge in [-0.1, -0.05) is 6.07 Å². The number of carboxylic acids is 1. The summed E-state index contributed by atoms with van der Waals surface area (Å²) in [6.45, 7) is 2.30. The molecule has 0 aliphatic carbocycles. The van der Waals surface area contributed by atoms with E-state index in [4.69, 9.17) is 9.47 Å². The molecule has 0 spiro atoms. The number of carbonyl (C=O) groups excluding carboxylic acids is 1. The number of carboxylic acid groups (broad SMARTS) is 1. The summed E-state index contributed by atoms with van der Waals surface area (Å²) >= 11 is 0. The van der Waals surface area contributed by atoms with Crippen molar-refractivity contribution in [3.63, 3.8) is 0 Å². The highest BCUT2D eigenvalue weighted by Gasteiger charge is 2.46. The third-order valence-corrected chi connectivity index (χ3v) is 3.95. The van der Waals surface area contributed by atoms with Crippen LogP contribution in [0.1, 0.15) is 22.3 Å². The number of ether oxygens (including phenoxy) is 2. The van der Waals surface area contributed by atoms with Crippen LogP contribution >= 0.6 is 0 Å². The standard InChI is InChI=1S/C15H19NO5/c1-10-4-5-11(8-12(10)20-2)13(17)16-7-6-15(9-16,21-3)14(18)19/h4-5,8H,6-7,9H2,1-3H3,(H,18,19). The topological polar surface area (TPSA) is 76.1 Å². The van der Waals surface area contributed by atoms with E-state index in [0.717, 1.165) is 5.56 Å². The Morgan fingerprint density at radius 2 is 2.05 bits per heavy atom. The summed E-state index contributed by atoms with van der Waals surface area (Å²) in [5.41, 5.74) is 0.117. The van der Waals surface area contributed by atoms with E-state index in [1.807, 2.05) is 13.0 Å². The molecule has 1 aliphatic rings. The van der Waals surface area contributed by atoms with E-state index < -0.39 is 11.6 Å². The zero-order valence-corrected chi connectivity index (χ0v) is 12.4. The molecule has 0 aromatic heterocycles. The molecule has 0 bridgehead atoms. The number of methoxy groups -OCH3 is 2. The van der Waals surface area contributed by atoms with Crippen LogP contribution < -0.4 is 4.74 Å². The minimum atomic E-state index is -1.30. The Labute approximate surface area is 123 Å². The molecule has 6 nitrogen and oxygen atoms in total. The monoisotopic (exact) mass is 293 g/mol. The number of carbonyl (C=O) groups is 2. The van der Waals surface area contributed by atoms with E-state index in [0.29, 0.717) is 17.9 Å². The minimum Gasteiger partial charge on any atom is -0.496 e. The van der Waals surface area contributed by atoms with Crippen molar-refractivity contribution in [2.24, 2.45) is 0 Å². The summed E-state index contributed by atoms with van der Waals surface area (Å²) in [5, 5.41) is 9.27. The predicted molar refractivity (Wildman–Crippen MR) is 75.6 cm³/mol. The predicted octanol–water partition coefficient (Wildman–Crippen LogP) is 1.32. The first-order valence-corrected chi connectivity index (χ1v) is 6.66. The van der Waals surface area contributed by atoms with E-state index in [1.165, 1.54) is 12.0 Å². The van der Waals surface area contributed by atoms with Gasteiger partial charge >= 0.3 is 5.97 Å². The molecule has 1 aliphatic heterocycles. The normalized spacial score (nSPS) is 21.4. The van der Waals surface area contributed by atoms with E-state index >= 15 is 0 Å². The van der Waals surface area contributed by atoms with Crippen LogP contribution in [-0.4, -0.2) is 54.8 Å². The van der Waals surface area contributed by atoms with Crippen LogP contribution in [0.3, 0.4) is 0 Å². The Morgan fingerprint density at radius 1 is 1.33 bits per heavy atom. The number of likely N-dealkylation sites (tertiary alicyclic amines) is 1. The zero-order chi connectivity index (χ0) is 15.6. The molecular weight excluding hydrogens is 274 g/mol. The third-order valence-electron chi connectivity index (χ3n) is 3.95. The van der Waals surface area contributed by atoms with Gasteiger partial charge in [0, 0.05) is 25.6 Å². The van der Waals surface area contributed by atoms with Crippen molar-refractivity contribution in [3.8, 4) is 5.75 Å². The third kappa shape index (κ3) is 2.71. The van der Waals surface area contributed by atoms with Crippen molar-refractivity contribution < 1.29 is 24.2 Å². The number of hydrogen-bond donors (Lipinski definition) is 1. The van der Waals surface area contributed by atoms with Gasteiger partial charge in [0.15, 0.2) is 5.60 Å². The van der Waals surface area contributed by atoms with Crippen molar-refractivity contribution in [2.45, 2.75) is 18.9 Å². The number of amides is 1. The quantitative estimate of drug-likeness (QED) is 0.906.